The number of halogens is 1. The molecule has 1 aliphatic rings. The van der Waals surface area contributed by atoms with Crippen molar-refractivity contribution in [2.75, 3.05) is 13.2 Å². The molecule has 0 bridgehead atoms. The van der Waals surface area contributed by atoms with Gasteiger partial charge in [0.15, 0.2) is 0 Å². The standard InChI is InChI=1S/C15H16ClN3O/c1-15(5-7-20-8-6-15)19-12-4-2-3-11(10-17)14(12)18-13(19)9-16/h2-4H,5-9H2,1H3. The van der Waals surface area contributed by atoms with Gasteiger partial charge in [0, 0.05) is 18.8 Å². The molecule has 0 atom stereocenters. The second kappa shape index (κ2) is 5.08. The first-order chi connectivity index (χ1) is 9.69. The molecule has 0 radical (unpaired) electrons. The van der Waals surface area contributed by atoms with Crippen molar-refractivity contribution in [3.05, 3.63) is 29.6 Å². The van der Waals surface area contributed by atoms with Gasteiger partial charge in [0.1, 0.15) is 17.4 Å². The van der Waals surface area contributed by atoms with Crippen LogP contribution in [0.15, 0.2) is 18.2 Å². The fourth-order valence-electron chi connectivity index (χ4n) is 2.96. The summed E-state index contributed by atoms with van der Waals surface area (Å²) in [6, 6.07) is 7.92. The zero-order valence-electron chi connectivity index (χ0n) is 11.4. The third-order valence-corrected chi connectivity index (χ3v) is 4.34. The van der Waals surface area contributed by atoms with Gasteiger partial charge in [-0.1, -0.05) is 6.07 Å². The summed E-state index contributed by atoms with van der Waals surface area (Å²) >= 11 is 6.08. The Morgan fingerprint density at radius 2 is 2.20 bits per heavy atom. The van der Waals surface area contributed by atoms with Crippen LogP contribution in [0.1, 0.15) is 31.2 Å². The minimum absolute atomic E-state index is 0.0503. The van der Waals surface area contributed by atoms with Crippen molar-refractivity contribution in [1.29, 1.82) is 5.26 Å². The van der Waals surface area contributed by atoms with Crippen molar-refractivity contribution in [1.82, 2.24) is 9.55 Å². The van der Waals surface area contributed by atoms with Gasteiger partial charge in [0.2, 0.25) is 0 Å². The lowest BCUT2D eigenvalue weighted by molar-refractivity contribution is 0.0303. The summed E-state index contributed by atoms with van der Waals surface area (Å²) in [7, 11) is 0. The Morgan fingerprint density at radius 1 is 1.45 bits per heavy atom. The molecule has 5 heteroatoms. The Morgan fingerprint density at radius 3 is 2.85 bits per heavy atom. The molecule has 1 saturated heterocycles. The smallest absolute Gasteiger partial charge is 0.125 e. The number of alkyl halides is 1. The SMILES string of the molecule is CC1(n2c(CCl)nc3c(C#N)cccc32)CCOCC1. The Hall–Kier alpha value is -1.57. The van der Waals surface area contributed by atoms with Crippen LogP contribution in [0.4, 0.5) is 0 Å². The lowest BCUT2D eigenvalue weighted by Crippen LogP contribution is -2.37. The molecule has 4 nitrogen and oxygen atoms in total. The molecule has 0 spiro atoms. The van der Waals surface area contributed by atoms with E-state index < -0.39 is 0 Å². The number of para-hydroxylation sites is 1. The van der Waals surface area contributed by atoms with Crippen LogP contribution in [0.25, 0.3) is 11.0 Å². The van der Waals surface area contributed by atoms with Gasteiger partial charge in [0.05, 0.1) is 17.0 Å². The van der Waals surface area contributed by atoms with E-state index in [0.717, 1.165) is 42.9 Å². The molecule has 20 heavy (non-hydrogen) atoms. The fraction of sp³-hybridized carbons (Fsp3) is 0.467. The zero-order valence-corrected chi connectivity index (χ0v) is 12.2. The van der Waals surface area contributed by atoms with Crippen molar-refractivity contribution >= 4 is 22.6 Å². The minimum atomic E-state index is -0.0503. The summed E-state index contributed by atoms with van der Waals surface area (Å²) in [5, 5.41) is 9.23. The molecule has 0 amide bonds. The summed E-state index contributed by atoms with van der Waals surface area (Å²) in [5.41, 5.74) is 2.29. The predicted molar refractivity (Wildman–Crippen MR) is 77.7 cm³/mol. The molecule has 1 aliphatic heterocycles. The molecule has 1 fully saturated rings. The molecule has 104 valence electrons. The highest BCUT2D eigenvalue weighted by Crippen LogP contribution is 2.34. The number of rotatable bonds is 2. The number of ether oxygens (including phenoxy) is 1. The summed E-state index contributed by atoms with van der Waals surface area (Å²) in [5.74, 6) is 1.17. The van der Waals surface area contributed by atoms with E-state index in [1.165, 1.54) is 0 Å². The van der Waals surface area contributed by atoms with E-state index >= 15 is 0 Å². The minimum Gasteiger partial charge on any atom is -0.381 e. The van der Waals surface area contributed by atoms with Crippen molar-refractivity contribution < 1.29 is 4.74 Å². The quantitative estimate of drug-likeness (QED) is 0.798. The van der Waals surface area contributed by atoms with Crippen LogP contribution < -0.4 is 0 Å². The average molecular weight is 290 g/mol. The number of hydrogen-bond acceptors (Lipinski definition) is 3. The molecular formula is C15H16ClN3O. The summed E-state index contributed by atoms with van der Waals surface area (Å²) < 4.78 is 7.68. The Kier molecular flexibility index (Phi) is 3.41. The van der Waals surface area contributed by atoms with E-state index in [9.17, 15) is 5.26 Å². The van der Waals surface area contributed by atoms with E-state index in [4.69, 9.17) is 16.3 Å². The summed E-state index contributed by atoms with van der Waals surface area (Å²) in [4.78, 5) is 4.59. The molecule has 2 heterocycles. The maximum absolute atomic E-state index is 9.23. The first-order valence-electron chi connectivity index (χ1n) is 6.74. The number of nitrogens with zero attached hydrogens (tertiary/aromatic N) is 3. The molecule has 3 rings (SSSR count). The van der Waals surface area contributed by atoms with Crippen LogP contribution in [0.3, 0.4) is 0 Å². The van der Waals surface area contributed by atoms with Gasteiger partial charge in [-0.3, -0.25) is 0 Å². The highest BCUT2D eigenvalue weighted by atomic mass is 35.5. The number of imidazole rings is 1. The molecule has 0 N–H and O–H groups in total. The second-order valence-corrected chi connectivity index (χ2v) is 5.66. The van der Waals surface area contributed by atoms with E-state index in [-0.39, 0.29) is 5.54 Å². The molecule has 2 aromatic rings. The van der Waals surface area contributed by atoms with E-state index in [1.807, 2.05) is 12.1 Å². The maximum atomic E-state index is 9.23. The summed E-state index contributed by atoms with van der Waals surface area (Å²) in [6.45, 7) is 3.71. The Bertz CT molecular complexity index is 680. The average Bonchev–Trinajstić information content (AvgIpc) is 2.87. The first-order valence-corrected chi connectivity index (χ1v) is 7.28. The van der Waals surface area contributed by atoms with Gasteiger partial charge < -0.3 is 9.30 Å². The second-order valence-electron chi connectivity index (χ2n) is 5.39. The monoisotopic (exact) mass is 289 g/mol. The normalized spacial score (nSPS) is 18.1. The van der Waals surface area contributed by atoms with E-state index in [2.05, 4.69) is 22.5 Å². The largest absolute Gasteiger partial charge is 0.381 e. The number of hydrogen-bond donors (Lipinski definition) is 0. The number of benzene rings is 1. The Labute approximate surface area is 122 Å². The van der Waals surface area contributed by atoms with Gasteiger partial charge >= 0.3 is 0 Å². The van der Waals surface area contributed by atoms with Crippen molar-refractivity contribution in [3.8, 4) is 6.07 Å². The first kappa shape index (κ1) is 13.4. The number of aromatic nitrogens is 2. The predicted octanol–water partition coefficient (Wildman–Crippen LogP) is 3.17. The van der Waals surface area contributed by atoms with Crippen LogP contribution in [0.5, 0.6) is 0 Å². The lowest BCUT2D eigenvalue weighted by atomic mass is 9.91. The van der Waals surface area contributed by atoms with E-state index in [1.54, 1.807) is 6.07 Å². The van der Waals surface area contributed by atoms with Gasteiger partial charge in [-0.05, 0) is 31.9 Å². The molecule has 1 aromatic heterocycles. The molecule has 0 aliphatic carbocycles. The lowest BCUT2D eigenvalue weighted by Gasteiger charge is -2.36. The number of fused-ring (bicyclic) bond motifs is 1. The van der Waals surface area contributed by atoms with Gasteiger partial charge in [-0.25, -0.2) is 4.98 Å². The number of nitriles is 1. The van der Waals surface area contributed by atoms with Crippen molar-refractivity contribution in [2.45, 2.75) is 31.2 Å². The molecule has 0 unspecified atom stereocenters. The molecule has 1 aromatic carbocycles. The highest BCUT2D eigenvalue weighted by molar-refractivity contribution is 6.16. The van der Waals surface area contributed by atoms with Crippen LogP contribution in [-0.2, 0) is 16.2 Å². The van der Waals surface area contributed by atoms with Gasteiger partial charge in [0.25, 0.3) is 0 Å². The molecular weight excluding hydrogens is 274 g/mol. The van der Waals surface area contributed by atoms with Crippen LogP contribution in [0.2, 0.25) is 0 Å². The highest BCUT2D eigenvalue weighted by Gasteiger charge is 2.33. The Balaban J connectivity index is 2.26. The van der Waals surface area contributed by atoms with Crippen LogP contribution >= 0.6 is 11.6 Å². The van der Waals surface area contributed by atoms with Crippen LogP contribution in [0, 0.1) is 11.3 Å². The topological polar surface area (TPSA) is 50.8 Å². The van der Waals surface area contributed by atoms with Gasteiger partial charge in [-0.15, -0.1) is 11.6 Å². The third-order valence-electron chi connectivity index (χ3n) is 4.10. The maximum Gasteiger partial charge on any atom is 0.125 e. The third kappa shape index (κ3) is 1.98. The van der Waals surface area contributed by atoms with Crippen molar-refractivity contribution in [3.63, 3.8) is 0 Å². The van der Waals surface area contributed by atoms with E-state index in [0.29, 0.717) is 11.4 Å². The van der Waals surface area contributed by atoms with Crippen LogP contribution in [-0.4, -0.2) is 22.8 Å². The fourth-order valence-corrected chi connectivity index (χ4v) is 3.14. The molecule has 0 saturated carbocycles. The summed E-state index contributed by atoms with van der Waals surface area (Å²) in [6.07, 6.45) is 1.86. The van der Waals surface area contributed by atoms with Crippen molar-refractivity contribution in [2.24, 2.45) is 0 Å². The zero-order chi connectivity index (χ0) is 14.2. The van der Waals surface area contributed by atoms with Gasteiger partial charge in [-0.2, -0.15) is 5.26 Å².